The van der Waals surface area contributed by atoms with Crippen molar-refractivity contribution in [3.8, 4) is 0 Å². The van der Waals surface area contributed by atoms with Gasteiger partial charge in [0, 0.05) is 52.4 Å². The van der Waals surface area contributed by atoms with E-state index in [1.165, 1.54) is 9.80 Å². The molecule has 0 N–H and O–H groups in total. The molecule has 3 heterocycles. The third-order valence-corrected chi connectivity index (χ3v) is 8.42. The van der Waals surface area contributed by atoms with E-state index in [-0.39, 0.29) is 23.6 Å². The highest BCUT2D eigenvalue weighted by Gasteiger charge is 2.35. The highest BCUT2D eigenvalue weighted by molar-refractivity contribution is 6.22. The van der Waals surface area contributed by atoms with Crippen LogP contribution in [0.2, 0.25) is 0 Å². The van der Waals surface area contributed by atoms with Gasteiger partial charge < -0.3 is 18.9 Å². The van der Waals surface area contributed by atoms with Gasteiger partial charge in [0.05, 0.1) is 75.1 Å². The van der Waals surface area contributed by atoms with E-state index in [2.05, 4.69) is 9.80 Å². The number of ether oxygens (including phenoxy) is 4. The molecule has 4 amide bonds. The van der Waals surface area contributed by atoms with E-state index in [0.29, 0.717) is 140 Å². The number of hydrogen-bond acceptors (Lipinski definition) is 10. The Morgan fingerprint density at radius 3 is 0.978 bits per heavy atom. The summed E-state index contributed by atoms with van der Waals surface area (Å²) in [4.78, 5) is 57.8. The molecule has 0 saturated carbocycles. The lowest BCUT2D eigenvalue weighted by atomic mass is 10.1. The van der Waals surface area contributed by atoms with Crippen molar-refractivity contribution < 1.29 is 38.1 Å². The summed E-state index contributed by atoms with van der Waals surface area (Å²) in [5.74, 6) is -0.902. The molecule has 0 aromatic heterocycles. The number of hydrogen-bond donors (Lipinski definition) is 0. The van der Waals surface area contributed by atoms with Crippen LogP contribution in [0.25, 0.3) is 0 Å². The van der Waals surface area contributed by atoms with E-state index in [4.69, 9.17) is 18.9 Å². The van der Waals surface area contributed by atoms with Crippen LogP contribution in [0.5, 0.6) is 0 Å². The van der Waals surface area contributed by atoms with Crippen molar-refractivity contribution in [3.63, 3.8) is 0 Å². The summed E-state index contributed by atoms with van der Waals surface area (Å²) in [5.41, 5.74) is 1.90. The van der Waals surface area contributed by atoms with Crippen molar-refractivity contribution in [3.05, 3.63) is 70.8 Å². The number of fused-ring (bicyclic) bond motifs is 2. The van der Waals surface area contributed by atoms with Crippen molar-refractivity contribution >= 4 is 23.6 Å². The summed E-state index contributed by atoms with van der Waals surface area (Å²) in [6.07, 6.45) is 1.32. The molecular weight excluding hydrogens is 592 g/mol. The number of amides is 4. The van der Waals surface area contributed by atoms with E-state index in [1.807, 2.05) is 0 Å². The molecule has 46 heavy (non-hydrogen) atoms. The van der Waals surface area contributed by atoms with Crippen LogP contribution in [0.1, 0.15) is 54.3 Å². The molecule has 3 aliphatic heterocycles. The molecule has 3 aliphatic rings. The summed E-state index contributed by atoms with van der Waals surface area (Å²) in [6, 6.07) is 13.9. The number of rotatable bonds is 8. The standard InChI is InChI=1S/C34H44N4O8/c39-31-27-7-1-2-8-28(27)32(40)37(31)13-5-11-35-15-19-43-23-25-45-21-17-36(18-22-46-26-24-44-20-16-35)12-6-14-38-33(41)29-9-3-4-10-30(29)34(38)42/h1-4,7-10H,5-6,11-26H2. The fourth-order valence-corrected chi connectivity index (χ4v) is 5.88. The summed E-state index contributed by atoms with van der Waals surface area (Å²) in [5, 5.41) is 0. The quantitative estimate of drug-likeness (QED) is 0.399. The highest BCUT2D eigenvalue weighted by atomic mass is 16.5. The number of carbonyl (C=O) groups excluding carboxylic acids is 4. The predicted octanol–water partition coefficient (Wildman–Crippen LogP) is 2.04. The minimum Gasteiger partial charge on any atom is -0.378 e. The van der Waals surface area contributed by atoms with Gasteiger partial charge in [-0.25, -0.2) is 0 Å². The minimum atomic E-state index is -0.225. The first-order valence-corrected chi connectivity index (χ1v) is 16.2. The van der Waals surface area contributed by atoms with Crippen molar-refractivity contribution in [2.24, 2.45) is 0 Å². The van der Waals surface area contributed by atoms with E-state index in [1.54, 1.807) is 48.5 Å². The van der Waals surface area contributed by atoms with Gasteiger partial charge in [0.25, 0.3) is 23.6 Å². The van der Waals surface area contributed by atoms with Crippen LogP contribution in [0.3, 0.4) is 0 Å². The van der Waals surface area contributed by atoms with Crippen LogP contribution < -0.4 is 0 Å². The molecule has 1 fully saturated rings. The van der Waals surface area contributed by atoms with Gasteiger partial charge in [-0.05, 0) is 37.1 Å². The van der Waals surface area contributed by atoms with Gasteiger partial charge in [-0.2, -0.15) is 0 Å². The first-order chi connectivity index (χ1) is 22.5. The molecule has 0 radical (unpaired) electrons. The molecule has 0 unspecified atom stereocenters. The Kier molecular flexibility index (Phi) is 12.8. The maximum Gasteiger partial charge on any atom is 0.261 e. The largest absolute Gasteiger partial charge is 0.378 e. The molecule has 2 aromatic carbocycles. The molecule has 248 valence electrons. The zero-order chi connectivity index (χ0) is 32.1. The maximum atomic E-state index is 12.7. The Morgan fingerprint density at radius 2 is 0.696 bits per heavy atom. The third-order valence-electron chi connectivity index (χ3n) is 8.42. The highest BCUT2D eigenvalue weighted by Crippen LogP contribution is 2.23. The molecule has 0 aliphatic carbocycles. The first-order valence-electron chi connectivity index (χ1n) is 16.2. The number of carbonyl (C=O) groups is 4. The topological polar surface area (TPSA) is 118 Å². The number of imide groups is 2. The van der Waals surface area contributed by atoms with Crippen molar-refractivity contribution in [1.82, 2.24) is 19.6 Å². The average Bonchev–Trinajstić information content (AvgIpc) is 3.46. The smallest absolute Gasteiger partial charge is 0.261 e. The van der Waals surface area contributed by atoms with Crippen LogP contribution in [0.15, 0.2) is 48.5 Å². The minimum absolute atomic E-state index is 0.225. The monoisotopic (exact) mass is 636 g/mol. The van der Waals surface area contributed by atoms with E-state index in [0.717, 1.165) is 0 Å². The summed E-state index contributed by atoms with van der Waals surface area (Å²) in [6.45, 7) is 8.95. The first kappa shape index (κ1) is 33.8. The molecule has 0 bridgehead atoms. The zero-order valence-corrected chi connectivity index (χ0v) is 26.4. The summed E-state index contributed by atoms with van der Waals surface area (Å²) in [7, 11) is 0. The lowest BCUT2D eigenvalue weighted by molar-refractivity contribution is 0.00747. The molecule has 0 spiro atoms. The molecule has 12 heteroatoms. The van der Waals surface area contributed by atoms with E-state index >= 15 is 0 Å². The average molecular weight is 637 g/mol. The third kappa shape index (κ3) is 8.84. The fourth-order valence-electron chi connectivity index (χ4n) is 5.88. The molecule has 12 nitrogen and oxygen atoms in total. The van der Waals surface area contributed by atoms with Crippen LogP contribution in [-0.4, -0.2) is 148 Å². The van der Waals surface area contributed by atoms with Gasteiger partial charge in [0.15, 0.2) is 0 Å². The van der Waals surface area contributed by atoms with Crippen LogP contribution in [-0.2, 0) is 18.9 Å². The Bertz CT molecular complexity index is 1160. The Hall–Kier alpha value is -3.52. The molecular formula is C34H44N4O8. The molecule has 0 atom stereocenters. The number of nitrogens with zero attached hydrogens (tertiary/aromatic N) is 4. The molecule has 1 saturated heterocycles. The van der Waals surface area contributed by atoms with Gasteiger partial charge in [-0.1, -0.05) is 24.3 Å². The van der Waals surface area contributed by atoms with Gasteiger partial charge in [0.2, 0.25) is 0 Å². The van der Waals surface area contributed by atoms with Crippen molar-refractivity contribution in [2.45, 2.75) is 12.8 Å². The summed E-state index contributed by atoms with van der Waals surface area (Å²) < 4.78 is 23.3. The Morgan fingerprint density at radius 1 is 0.413 bits per heavy atom. The van der Waals surface area contributed by atoms with Gasteiger partial charge >= 0.3 is 0 Å². The maximum absolute atomic E-state index is 12.7. The van der Waals surface area contributed by atoms with E-state index < -0.39 is 0 Å². The second kappa shape index (κ2) is 17.4. The number of benzene rings is 2. The van der Waals surface area contributed by atoms with Crippen molar-refractivity contribution in [2.75, 3.05) is 105 Å². The predicted molar refractivity (Wildman–Crippen MR) is 169 cm³/mol. The zero-order valence-electron chi connectivity index (χ0n) is 26.4. The van der Waals surface area contributed by atoms with Crippen LogP contribution in [0, 0.1) is 0 Å². The molecule has 2 aromatic rings. The second-order valence-corrected chi connectivity index (χ2v) is 11.5. The fraction of sp³-hybridized carbons (Fsp3) is 0.529. The Balaban J connectivity index is 1.01. The SMILES string of the molecule is O=C1c2ccccc2C(=O)N1CCCN1CCOCCOCCN(CCCN2C(=O)c3ccccc3C2=O)CCOCCOCC1. The van der Waals surface area contributed by atoms with Gasteiger partial charge in [-0.15, -0.1) is 0 Å². The lowest BCUT2D eigenvalue weighted by Gasteiger charge is -2.24. The van der Waals surface area contributed by atoms with Crippen LogP contribution in [0.4, 0.5) is 0 Å². The van der Waals surface area contributed by atoms with Crippen molar-refractivity contribution in [1.29, 1.82) is 0 Å². The second-order valence-electron chi connectivity index (χ2n) is 11.5. The van der Waals surface area contributed by atoms with E-state index in [9.17, 15) is 19.2 Å². The van der Waals surface area contributed by atoms with Crippen LogP contribution >= 0.6 is 0 Å². The van der Waals surface area contributed by atoms with Gasteiger partial charge in [-0.3, -0.25) is 38.8 Å². The Labute approximate surface area is 270 Å². The molecule has 5 rings (SSSR count). The summed E-state index contributed by atoms with van der Waals surface area (Å²) >= 11 is 0. The van der Waals surface area contributed by atoms with Gasteiger partial charge in [0.1, 0.15) is 0 Å². The lowest BCUT2D eigenvalue weighted by Crippen LogP contribution is -2.37. The normalized spacial score (nSPS) is 20.1.